The van der Waals surface area contributed by atoms with Crippen LogP contribution >= 0.6 is 0 Å². The molecule has 1 aliphatic rings. The molecule has 6 nitrogen and oxygen atoms in total. The van der Waals surface area contributed by atoms with E-state index in [1.54, 1.807) is 20.8 Å². The van der Waals surface area contributed by atoms with Gasteiger partial charge in [0.05, 0.1) is 0 Å². The summed E-state index contributed by atoms with van der Waals surface area (Å²) in [5, 5.41) is 0. The Balaban J connectivity index is 2.62. The minimum absolute atomic E-state index is 0.510. The van der Waals surface area contributed by atoms with Gasteiger partial charge in [-0.15, -0.1) is 0 Å². The number of carbonyl (C=O) groups excluding carboxylic acids is 1. The third kappa shape index (κ3) is 5.76. The molecule has 1 aliphatic heterocycles. The van der Waals surface area contributed by atoms with Crippen LogP contribution in [0.3, 0.4) is 0 Å². The molecule has 1 fully saturated rings. The molecule has 1 saturated heterocycles. The minimum atomic E-state index is -3.62. The van der Waals surface area contributed by atoms with Gasteiger partial charge in [0.25, 0.3) is 10.2 Å². The first kappa shape index (κ1) is 17.4. The summed E-state index contributed by atoms with van der Waals surface area (Å²) in [6.45, 7) is 7.78. The van der Waals surface area contributed by atoms with Crippen molar-refractivity contribution in [2.24, 2.45) is 0 Å². The lowest BCUT2D eigenvalue weighted by Gasteiger charge is -2.25. The molecule has 0 saturated carbocycles. The summed E-state index contributed by atoms with van der Waals surface area (Å²) in [6.07, 6.45) is 3.82. The zero-order chi connectivity index (χ0) is 15.4. The van der Waals surface area contributed by atoms with Crippen molar-refractivity contribution in [3.63, 3.8) is 0 Å². The van der Waals surface area contributed by atoms with E-state index in [9.17, 15) is 13.2 Å². The lowest BCUT2D eigenvalue weighted by Crippen LogP contribution is -2.48. The molecular formula is C13H26N2O4S. The van der Waals surface area contributed by atoms with Crippen LogP contribution in [-0.4, -0.2) is 43.4 Å². The third-order valence-electron chi connectivity index (χ3n) is 2.99. The second-order valence-corrected chi connectivity index (χ2v) is 7.89. The molecular weight excluding hydrogens is 280 g/mol. The summed E-state index contributed by atoms with van der Waals surface area (Å²) in [7, 11) is -3.62. The second kappa shape index (κ2) is 6.87. The molecule has 1 atom stereocenters. The lowest BCUT2D eigenvalue weighted by molar-refractivity contribution is -0.156. The largest absolute Gasteiger partial charge is 0.459 e. The van der Waals surface area contributed by atoms with Gasteiger partial charge in [-0.05, 0) is 40.5 Å². The molecule has 20 heavy (non-hydrogen) atoms. The molecule has 1 heterocycles. The molecule has 0 bridgehead atoms. The summed E-state index contributed by atoms with van der Waals surface area (Å²) in [5.41, 5.74) is -0.626. The van der Waals surface area contributed by atoms with Gasteiger partial charge in [-0.3, -0.25) is 4.79 Å². The zero-order valence-electron chi connectivity index (χ0n) is 12.8. The summed E-state index contributed by atoms with van der Waals surface area (Å²) in [6, 6.07) is -0.887. The lowest BCUT2D eigenvalue weighted by atomic mass is 10.2. The molecule has 1 rings (SSSR count). The predicted molar refractivity (Wildman–Crippen MR) is 77.4 cm³/mol. The molecule has 0 spiro atoms. The molecule has 0 aromatic rings. The van der Waals surface area contributed by atoms with E-state index < -0.39 is 27.8 Å². The third-order valence-corrected chi connectivity index (χ3v) is 4.69. The summed E-state index contributed by atoms with van der Waals surface area (Å²) in [5.74, 6) is -0.559. The van der Waals surface area contributed by atoms with E-state index in [1.807, 2.05) is 0 Å². The number of rotatable bonds is 4. The Bertz CT molecular complexity index is 420. The van der Waals surface area contributed by atoms with Crippen molar-refractivity contribution in [3.8, 4) is 0 Å². The highest BCUT2D eigenvalue weighted by Gasteiger charge is 2.29. The van der Waals surface area contributed by atoms with E-state index in [0.29, 0.717) is 13.1 Å². The number of ether oxygens (including phenoxy) is 1. The Morgan fingerprint density at radius 3 is 2.10 bits per heavy atom. The highest BCUT2D eigenvalue weighted by atomic mass is 32.2. The van der Waals surface area contributed by atoms with Crippen molar-refractivity contribution in [1.82, 2.24) is 9.03 Å². The average Bonchev–Trinajstić information content (AvgIpc) is 2.54. The quantitative estimate of drug-likeness (QED) is 0.797. The average molecular weight is 306 g/mol. The van der Waals surface area contributed by atoms with Crippen molar-refractivity contribution >= 4 is 16.2 Å². The van der Waals surface area contributed by atoms with Gasteiger partial charge < -0.3 is 4.74 Å². The zero-order valence-corrected chi connectivity index (χ0v) is 13.6. The maximum Gasteiger partial charge on any atom is 0.324 e. The molecule has 0 aromatic carbocycles. The van der Waals surface area contributed by atoms with Crippen LogP contribution in [0.4, 0.5) is 0 Å². The van der Waals surface area contributed by atoms with Crippen molar-refractivity contribution in [3.05, 3.63) is 0 Å². The van der Waals surface area contributed by atoms with Gasteiger partial charge in [0.1, 0.15) is 11.6 Å². The topological polar surface area (TPSA) is 75.7 Å². The van der Waals surface area contributed by atoms with Crippen LogP contribution in [0.5, 0.6) is 0 Å². The molecule has 0 amide bonds. The summed E-state index contributed by atoms with van der Waals surface area (Å²) >= 11 is 0. The molecule has 7 heteroatoms. The number of hydrogen-bond acceptors (Lipinski definition) is 4. The van der Waals surface area contributed by atoms with Crippen molar-refractivity contribution in [2.75, 3.05) is 13.1 Å². The Morgan fingerprint density at radius 1 is 1.15 bits per heavy atom. The fourth-order valence-electron chi connectivity index (χ4n) is 2.02. The van der Waals surface area contributed by atoms with Crippen molar-refractivity contribution in [1.29, 1.82) is 0 Å². The van der Waals surface area contributed by atoms with E-state index in [1.165, 1.54) is 11.2 Å². The van der Waals surface area contributed by atoms with Crippen LogP contribution in [0.1, 0.15) is 53.4 Å². The number of esters is 1. The molecule has 0 aliphatic carbocycles. The normalized spacial score (nSPS) is 20.2. The molecule has 118 valence electrons. The maximum absolute atomic E-state index is 12.2. The van der Waals surface area contributed by atoms with E-state index in [4.69, 9.17) is 4.74 Å². The summed E-state index contributed by atoms with van der Waals surface area (Å²) in [4.78, 5) is 11.8. The van der Waals surface area contributed by atoms with Gasteiger partial charge >= 0.3 is 5.97 Å². The molecule has 0 radical (unpaired) electrons. The van der Waals surface area contributed by atoms with Crippen LogP contribution in [0.25, 0.3) is 0 Å². The van der Waals surface area contributed by atoms with Gasteiger partial charge in [0.2, 0.25) is 0 Å². The molecule has 1 N–H and O–H groups in total. The monoisotopic (exact) mass is 306 g/mol. The van der Waals surface area contributed by atoms with E-state index in [0.717, 1.165) is 25.7 Å². The number of hydrogen-bond donors (Lipinski definition) is 1. The van der Waals surface area contributed by atoms with Crippen molar-refractivity contribution < 1.29 is 17.9 Å². The Hall–Kier alpha value is -0.660. The SMILES string of the molecule is C[C@H](NS(=O)(=O)N1CCCCCC1)C(=O)OC(C)(C)C. The highest BCUT2D eigenvalue weighted by Crippen LogP contribution is 2.13. The number of carbonyl (C=O) groups is 1. The Morgan fingerprint density at radius 2 is 1.65 bits per heavy atom. The number of nitrogens with one attached hydrogen (secondary N) is 1. The van der Waals surface area contributed by atoms with Gasteiger partial charge in [0, 0.05) is 13.1 Å². The van der Waals surface area contributed by atoms with Gasteiger partial charge in [0.15, 0.2) is 0 Å². The second-order valence-electron chi connectivity index (χ2n) is 6.19. The first-order valence-corrected chi connectivity index (χ1v) is 8.56. The van der Waals surface area contributed by atoms with Crippen LogP contribution in [0, 0.1) is 0 Å². The maximum atomic E-state index is 12.2. The van der Waals surface area contributed by atoms with Crippen LogP contribution in [0.2, 0.25) is 0 Å². The van der Waals surface area contributed by atoms with Crippen LogP contribution in [0.15, 0.2) is 0 Å². The first-order valence-electron chi connectivity index (χ1n) is 7.12. The van der Waals surface area contributed by atoms with Gasteiger partial charge in [-0.25, -0.2) is 0 Å². The van der Waals surface area contributed by atoms with Crippen LogP contribution in [-0.2, 0) is 19.7 Å². The molecule has 0 unspecified atom stereocenters. The molecule has 0 aromatic heterocycles. The fourth-order valence-corrected chi connectivity index (χ4v) is 3.45. The van der Waals surface area contributed by atoms with Gasteiger partial charge in [-0.2, -0.15) is 17.4 Å². The highest BCUT2D eigenvalue weighted by molar-refractivity contribution is 7.87. The van der Waals surface area contributed by atoms with E-state index >= 15 is 0 Å². The predicted octanol–water partition coefficient (Wildman–Crippen LogP) is 1.43. The first-order chi connectivity index (χ1) is 9.12. The minimum Gasteiger partial charge on any atom is -0.459 e. The van der Waals surface area contributed by atoms with E-state index in [-0.39, 0.29) is 0 Å². The Kier molecular flexibility index (Phi) is 5.97. The smallest absolute Gasteiger partial charge is 0.324 e. The fraction of sp³-hybridized carbons (Fsp3) is 0.923. The summed E-state index contributed by atoms with van der Waals surface area (Å²) < 4.78 is 33.4. The van der Waals surface area contributed by atoms with Gasteiger partial charge in [-0.1, -0.05) is 12.8 Å². The number of nitrogens with zero attached hydrogens (tertiary/aromatic N) is 1. The van der Waals surface area contributed by atoms with Crippen LogP contribution < -0.4 is 4.72 Å². The Labute approximate surface area is 122 Å². The van der Waals surface area contributed by atoms with Crippen molar-refractivity contribution in [2.45, 2.75) is 65.0 Å². The standard InChI is InChI=1S/C13H26N2O4S/c1-11(12(16)19-13(2,3)4)14-20(17,18)15-9-7-5-6-8-10-15/h11,14H,5-10H2,1-4H3/t11-/m0/s1. The van der Waals surface area contributed by atoms with E-state index in [2.05, 4.69) is 4.72 Å².